The van der Waals surface area contributed by atoms with E-state index in [0.717, 1.165) is 54.6 Å². The molecule has 2 aliphatic rings. The molecule has 4 rings (SSSR count). The van der Waals surface area contributed by atoms with E-state index < -0.39 is 17.6 Å². The summed E-state index contributed by atoms with van der Waals surface area (Å²) in [5.74, 6) is 5.19. The average molecular weight is 600 g/mol. The monoisotopic (exact) mass is 599 g/mol. The number of nitrogens with one attached hydrogen (secondary N) is 2. The second-order valence-corrected chi connectivity index (χ2v) is 10.5. The lowest BCUT2D eigenvalue weighted by atomic mass is 10.1. The number of carbonyl (C=O) groups is 1. The number of carbonyl (C=O) groups excluding carboxylic acids is 1. The number of halogens is 3. The van der Waals surface area contributed by atoms with Crippen molar-refractivity contribution >= 4 is 17.8 Å². The van der Waals surface area contributed by atoms with Crippen molar-refractivity contribution < 1.29 is 22.7 Å². The standard InChI is InChI=1S/C22H25F3N2O2.C9H15N5/c1-14-7-9-15(10-8-14)21(28)27-19-12-17(22(23,24)25)11-16(20(19)29-2)13-26-18-5-3-4-6-18;1-7-4-8(5-12-14(7)3)9(10)6-13(2)11/h7-12,18,26H,3-6,13H2,1-2H3,(H,27,28);5-6H,10-11H2,1-3H3/b;9-6-. The third-order valence-electron chi connectivity index (χ3n) is 7.01. The van der Waals surface area contributed by atoms with Crippen molar-refractivity contribution in [3.8, 4) is 5.75 Å². The molecule has 43 heavy (non-hydrogen) atoms. The number of methoxy groups -OCH3 is 1. The summed E-state index contributed by atoms with van der Waals surface area (Å²) < 4.78 is 45.8. The molecule has 0 saturated heterocycles. The van der Waals surface area contributed by atoms with Gasteiger partial charge in [0, 0.05) is 44.0 Å². The Hall–Kier alpha value is -4.25. The maximum atomic E-state index is 13.5. The van der Waals surface area contributed by atoms with Gasteiger partial charge in [-0.15, -0.1) is 0 Å². The minimum Gasteiger partial charge on any atom is -0.494 e. The highest BCUT2D eigenvalue weighted by molar-refractivity contribution is 6.05. The topological polar surface area (TPSA) is 121 Å². The first-order valence-corrected chi connectivity index (χ1v) is 13.9. The number of nitrogens with zero attached hydrogens (tertiary/aromatic N) is 3. The maximum Gasteiger partial charge on any atom is 0.416 e. The van der Waals surface area contributed by atoms with Gasteiger partial charge in [-0.3, -0.25) is 9.80 Å². The van der Waals surface area contributed by atoms with E-state index in [2.05, 4.69) is 21.5 Å². The maximum absolute atomic E-state index is 13.5. The molecule has 6 N–H and O–H groups in total. The van der Waals surface area contributed by atoms with Crippen LogP contribution in [-0.2, 0) is 12.7 Å². The second-order valence-electron chi connectivity index (χ2n) is 10.5. The number of hydrogen-bond donors (Lipinski definition) is 4. The van der Waals surface area contributed by atoms with Gasteiger partial charge in [-0.1, -0.05) is 36.3 Å². The van der Waals surface area contributed by atoms with E-state index >= 15 is 0 Å². The van der Waals surface area contributed by atoms with E-state index in [1.807, 2.05) is 20.9 Å². The first-order chi connectivity index (χ1) is 20.3. The molecule has 12 heteroatoms. The summed E-state index contributed by atoms with van der Waals surface area (Å²) in [7, 11) is 4.95. The Kier molecular flexibility index (Phi) is 11.4. The number of anilines is 1. The lowest BCUT2D eigenvalue weighted by Gasteiger charge is -2.20. The highest BCUT2D eigenvalue weighted by Crippen LogP contribution is 2.38. The molecular formula is C31H40F3N7O2. The van der Waals surface area contributed by atoms with Gasteiger partial charge in [-0.25, -0.2) is 5.84 Å². The number of allylic oxidation sites excluding steroid dienone is 1. The van der Waals surface area contributed by atoms with Crippen molar-refractivity contribution in [1.29, 1.82) is 0 Å². The number of hydrazone groups is 1. The van der Waals surface area contributed by atoms with Crippen LogP contribution in [0.5, 0.6) is 5.75 Å². The molecule has 1 amide bonds. The second kappa shape index (κ2) is 14.8. The fraction of sp³-hybridized carbons (Fsp3) is 0.387. The molecule has 232 valence electrons. The SMILES string of the molecule is CC1=C=C(/C(N)=C/N(C)N)C=NN1C.COc1c(CNC2CCCC2)cc(C(F)(F)F)cc1NC(=O)c1ccc(C)cc1. The van der Waals surface area contributed by atoms with Crippen molar-refractivity contribution in [3.63, 3.8) is 0 Å². The predicted octanol–water partition coefficient (Wildman–Crippen LogP) is 5.26. The molecule has 1 saturated carbocycles. The molecular weight excluding hydrogens is 559 g/mol. The van der Waals surface area contributed by atoms with Crippen molar-refractivity contribution in [3.05, 3.63) is 87.6 Å². The van der Waals surface area contributed by atoms with Crippen LogP contribution < -0.4 is 26.9 Å². The van der Waals surface area contributed by atoms with E-state index in [1.54, 1.807) is 48.7 Å². The molecule has 0 atom stereocenters. The highest BCUT2D eigenvalue weighted by atomic mass is 19.4. The summed E-state index contributed by atoms with van der Waals surface area (Å²) in [5, 5.41) is 13.1. The van der Waals surface area contributed by atoms with Gasteiger partial charge in [-0.2, -0.15) is 18.3 Å². The Labute approximate surface area is 250 Å². The van der Waals surface area contributed by atoms with E-state index in [1.165, 1.54) is 12.1 Å². The van der Waals surface area contributed by atoms with Crippen LogP contribution in [0.25, 0.3) is 0 Å². The van der Waals surface area contributed by atoms with Crippen LogP contribution in [0.2, 0.25) is 0 Å². The third-order valence-corrected chi connectivity index (χ3v) is 7.01. The van der Waals surface area contributed by atoms with E-state index in [4.69, 9.17) is 16.3 Å². The van der Waals surface area contributed by atoms with E-state index in [0.29, 0.717) is 22.9 Å². The number of hydrogen-bond acceptors (Lipinski definition) is 8. The van der Waals surface area contributed by atoms with Crippen LogP contribution >= 0.6 is 0 Å². The molecule has 0 bridgehead atoms. The van der Waals surface area contributed by atoms with Crippen LogP contribution in [0.4, 0.5) is 18.9 Å². The fourth-order valence-electron chi connectivity index (χ4n) is 4.58. The fourth-order valence-corrected chi connectivity index (χ4v) is 4.58. The molecule has 0 unspecified atom stereocenters. The van der Waals surface area contributed by atoms with Gasteiger partial charge in [0.15, 0.2) is 0 Å². The Morgan fingerprint density at radius 1 is 1.21 bits per heavy atom. The molecule has 2 aromatic carbocycles. The van der Waals surface area contributed by atoms with Gasteiger partial charge in [0.05, 0.1) is 41.5 Å². The van der Waals surface area contributed by atoms with Crippen LogP contribution in [-0.4, -0.2) is 49.4 Å². The molecule has 1 aliphatic carbocycles. The smallest absolute Gasteiger partial charge is 0.416 e. The Morgan fingerprint density at radius 2 is 1.86 bits per heavy atom. The van der Waals surface area contributed by atoms with Gasteiger partial charge in [-0.05, 0) is 51.0 Å². The number of nitrogens with two attached hydrogens (primary N) is 2. The number of aryl methyl sites for hydroxylation is 1. The zero-order chi connectivity index (χ0) is 31.7. The lowest BCUT2D eigenvalue weighted by molar-refractivity contribution is -0.137. The van der Waals surface area contributed by atoms with Gasteiger partial charge in [0.1, 0.15) is 5.75 Å². The van der Waals surface area contributed by atoms with E-state index in [9.17, 15) is 18.0 Å². The van der Waals surface area contributed by atoms with Crippen molar-refractivity contribution in [1.82, 2.24) is 15.3 Å². The van der Waals surface area contributed by atoms with Crippen LogP contribution in [0.15, 0.2) is 70.4 Å². The lowest BCUT2D eigenvalue weighted by Crippen LogP contribution is -2.26. The molecule has 2 aromatic rings. The summed E-state index contributed by atoms with van der Waals surface area (Å²) in [4.78, 5) is 12.6. The number of benzene rings is 2. The molecule has 9 nitrogen and oxygen atoms in total. The van der Waals surface area contributed by atoms with Gasteiger partial charge in [0.2, 0.25) is 0 Å². The first kappa shape index (κ1) is 33.3. The average Bonchev–Trinajstić information content (AvgIpc) is 3.47. The summed E-state index contributed by atoms with van der Waals surface area (Å²) in [6.45, 7) is 4.04. The number of hydrazine groups is 1. The molecule has 0 radical (unpaired) electrons. The number of amides is 1. The zero-order valence-corrected chi connectivity index (χ0v) is 25.2. The number of rotatable bonds is 8. The summed E-state index contributed by atoms with van der Waals surface area (Å²) in [6.07, 6.45) is 3.01. The minimum absolute atomic E-state index is 0.0103. The van der Waals surface area contributed by atoms with E-state index in [-0.39, 0.29) is 18.0 Å². The van der Waals surface area contributed by atoms with Crippen molar-refractivity contribution in [2.75, 3.05) is 26.5 Å². The summed E-state index contributed by atoms with van der Waals surface area (Å²) >= 11 is 0. The highest BCUT2D eigenvalue weighted by Gasteiger charge is 2.33. The molecule has 1 fully saturated rings. The molecule has 0 spiro atoms. The normalized spacial score (nSPS) is 15.4. The van der Waals surface area contributed by atoms with Gasteiger partial charge < -0.3 is 26.1 Å². The largest absolute Gasteiger partial charge is 0.494 e. The Morgan fingerprint density at radius 3 is 2.42 bits per heavy atom. The minimum atomic E-state index is -4.53. The van der Waals surface area contributed by atoms with Crippen molar-refractivity contribution in [2.24, 2.45) is 16.7 Å². The first-order valence-electron chi connectivity index (χ1n) is 13.9. The third kappa shape index (κ3) is 9.64. The Balaban J connectivity index is 0.000000303. The van der Waals surface area contributed by atoms with Crippen molar-refractivity contribution in [2.45, 2.75) is 58.3 Å². The summed E-state index contributed by atoms with van der Waals surface area (Å²) in [6, 6.07) is 9.11. The van der Waals surface area contributed by atoms with Crippen LogP contribution in [0, 0.1) is 6.92 Å². The molecule has 0 aromatic heterocycles. The number of ether oxygens (including phenoxy) is 1. The Bertz CT molecular complexity index is 1400. The molecule has 1 heterocycles. The molecule has 1 aliphatic heterocycles. The quantitative estimate of drug-likeness (QED) is 0.186. The number of alkyl halides is 3. The summed E-state index contributed by atoms with van der Waals surface area (Å²) in [5.41, 5.74) is 12.0. The van der Waals surface area contributed by atoms with Gasteiger partial charge in [0.25, 0.3) is 5.91 Å². The van der Waals surface area contributed by atoms with Gasteiger partial charge >= 0.3 is 6.18 Å². The predicted molar refractivity (Wildman–Crippen MR) is 163 cm³/mol. The zero-order valence-electron chi connectivity index (χ0n) is 25.2. The van der Waals surface area contributed by atoms with Crippen LogP contribution in [0.3, 0.4) is 0 Å². The van der Waals surface area contributed by atoms with Crippen LogP contribution in [0.1, 0.15) is 59.7 Å².